The van der Waals surface area contributed by atoms with Crippen molar-refractivity contribution in [2.45, 2.75) is 17.8 Å². The first kappa shape index (κ1) is 25.9. The van der Waals surface area contributed by atoms with Gasteiger partial charge >= 0.3 is 20.1 Å². The summed E-state index contributed by atoms with van der Waals surface area (Å²) in [6.07, 6.45) is 7.16. The Bertz CT molecular complexity index is 1460. The molecule has 2 atom stereocenters. The summed E-state index contributed by atoms with van der Waals surface area (Å²) in [5.41, 5.74) is 8.12. The SMILES string of the molecule is [Ir+3].[c-]1ccccc1C1c2cccc(n2)C(c2[c-]ccnc2)c2cccc(n2)C(c2[c-]ccnc2)c2cccc1n2. The number of fused-ring (bicyclic) bond motifs is 6. The Labute approximate surface area is 246 Å². The molecule has 5 aromatic heterocycles. The molecule has 5 nitrogen and oxygen atoms in total. The number of benzene rings is 1. The van der Waals surface area contributed by atoms with E-state index in [0.717, 1.165) is 50.9 Å². The van der Waals surface area contributed by atoms with Crippen LogP contribution in [0.15, 0.2) is 116 Å². The maximum absolute atomic E-state index is 5.24. The van der Waals surface area contributed by atoms with Crippen molar-refractivity contribution in [3.8, 4) is 0 Å². The average molecular weight is 693 g/mol. The molecule has 0 saturated carbocycles. The van der Waals surface area contributed by atoms with E-state index in [4.69, 9.17) is 15.0 Å². The third kappa shape index (κ3) is 4.88. The van der Waals surface area contributed by atoms with Crippen LogP contribution >= 0.6 is 0 Å². The molecule has 0 spiro atoms. The number of pyridine rings is 5. The summed E-state index contributed by atoms with van der Waals surface area (Å²) in [7, 11) is 0. The van der Waals surface area contributed by atoms with Gasteiger partial charge in [-0.3, -0.25) is 15.0 Å². The maximum Gasteiger partial charge on any atom is 3.00 e. The van der Waals surface area contributed by atoms with E-state index in [1.807, 2.05) is 60.9 Å². The number of hydrogen-bond donors (Lipinski definition) is 0. The molecule has 0 N–H and O–H groups in total. The van der Waals surface area contributed by atoms with Crippen molar-refractivity contribution in [1.82, 2.24) is 24.9 Å². The molecule has 0 radical (unpaired) electrons. The summed E-state index contributed by atoms with van der Waals surface area (Å²) in [4.78, 5) is 24.5. The Morgan fingerprint density at radius 3 is 1.18 bits per heavy atom. The van der Waals surface area contributed by atoms with E-state index in [0.29, 0.717) is 0 Å². The Morgan fingerprint density at radius 2 is 0.825 bits per heavy atom. The van der Waals surface area contributed by atoms with E-state index in [-0.39, 0.29) is 37.9 Å². The summed E-state index contributed by atoms with van der Waals surface area (Å²) in [6, 6.07) is 40.4. The van der Waals surface area contributed by atoms with Crippen LogP contribution in [0, 0.1) is 18.2 Å². The molecule has 6 bridgehead atoms. The zero-order valence-electron chi connectivity index (χ0n) is 21.3. The Kier molecular flexibility index (Phi) is 7.37. The molecule has 0 fully saturated rings. The second-order valence-corrected chi connectivity index (χ2v) is 9.47. The third-order valence-electron chi connectivity index (χ3n) is 7.07. The normalized spacial score (nSPS) is 17.6. The van der Waals surface area contributed by atoms with E-state index in [1.165, 1.54) is 0 Å². The van der Waals surface area contributed by atoms with Crippen LogP contribution in [0.3, 0.4) is 0 Å². The van der Waals surface area contributed by atoms with Gasteiger partial charge in [0.05, 0.1) is 34.2 Å². The van der Waals surface area contributed by atoms with Crippen LogP contribution in [0.5, 0.6) is 0 Å². The summed E-state index contributed by atoms with van der Waals surface area (Å²) in [5, 5.41) is 0. The fourth-order valence-corrected chi connectivity index (χ4v) is 5.36. The van der Waals surface area contributed by atoms with Gasteiger partial charge in [-0.2, -0.15) is 54.6 Å². The molecular formula is C34H22IrN5. The van der Waals surface area contributed by atoms with Gasteiger partial charge in [0.25, 0.3) is 0 Å². The number of hydrogen-bond acceptors (Lipinski definition) is 5. The first-order valence-corrected chi connectivity index (χ1v) is 12.9. The molecule has 0 saturated heterocycles. The van der Waals surface area contributed by atoms with Gasteiger partial charge in [0.2, 0.25) is 0 Å². The Morgan fingerprint density at radius 1 is 0.425 bits per heavy atom. The minimum atomic E-state index is -0.247. The van der Waals surface area contributed by atoms with Crippen LogP contribution in [0.2, 0.25) is 0 Å². The summed E-state index contributed by atoms with van der Waals surface area (Å²) >= 11 is 0. The standard InChI is InChI=1S/C34H22N5.Ir/c1-2-9-23(10-3-1)32-26-13-4-15-28(37-26)33(24-11-7-19-35-21-24)30-17-6-18-31(39-30)34(25-12-8-20-36-22-25)29-16-5-14-27(32)38-29;/h1-9,13-22,32-34H;/q-3;+3. The first-order chi connectivity index (χ1) is 19.3. The molecule has 6 heterocycles. The molecule has 0 aliphatic carbocycles. The summed E-state index contributed by atoms with van der Waals surface area (Å²) in [5.74, 6) is -0.694. The molecule has 0 amide bonds. The van der Waals surface area contributed by atoms with Gasteiger partial charge < -0.3 is 9.97 Å². The number of aromatic nitrogens is 5. The van der Waals surface area contributed by atoms with Gasteiger partial charge in [-0.05, 0) is 36.4 Å². The molecule has 1 aliphatic heterocycles. The fourth-order valence-electron chi connectivity index (χ4n) is 5.36. The predicted octanol–water partition coefficient (Wildman–Crippen LogP) is 5.91. The molecule has 40 heavy (non-hydrogen) atoms. The Balaban J connectivity index is 0.00000289. The van der Waals surface area contributed by atoms with E-state index < -0.39 is 0 Å². The van der Waals surface area contributed by atoms with E-state index in [2.05, 4.69) is 70.6 Å². The molecule has 1 aromatic carbocycles. The van der Waals surface area contributed by atoms with Crippen LogP contribution in [0.25, 0.3) is 0 Å². The van der Waals surface area contributed by atoms with E-state index in [9.17, 15) is 0 Å². The summed E-state index contributed by atoms with van der Waals surface area (Å²) in [6.45, 7) is 0. The zero-order chi connectivity index (χ0) is 26.0. The predicted molar refractivity (Wildman–Crippen MR) is 147 cm³/mol. The van der Waals surface area contributed by atoms with E-state index in [1.54, 1.807) is 12.4 Å². The van der Waals surface area contributed by atoms with Crippen molar-refractivity contribution < 1.29 is 20.1 Å². The molecule has 6 aromatic rings. The van der Waals surface area contributed by atoms with Crippen LogP contribution in [0.4, 0.5) is 0 Å². The van der Waals surface area contributed by atoms with Gasteiger partial charge in [-0.15, -0.1) is 16.7 Å². The second kappa shape index (κ2) is 11.4. The monoisotopic (exact) mass is 693 g/mol. The molecule has 192 valence electrons. The second-order valence-electron chi connectivity index (χ2n) is 9.47. The van der Waals surface area contributed by atoms with Crippen molar-refractivity contribution in [3.63, 3.8) is 0 Å². The third-order valence-corrected chi connectivity index (χ3v) is 7.07. The van der Waals surface area contributed by atoms with Crippen molar-refractivity contribution in [1.29, 1.82) is 0 Å². The first-order valence-electron chi connectivity index (χ1n) is 12.9. The number of nitrogens with zero attached hydrogens (tertiary/aromatic N) is 5. The van der Waals surface area contributed by atoms with Crippen molar-refractivity contribution in [2.24, 2.45) is 0 Å². The molecule has 1 aliphatic rings. The fraction of sp³-hybridized carbons (Fsp3) is 0.0882. The van der Waals surface area contributed by atoms with Gasteiger partial charge in [0.15, 0.2) is 0 Å². The molecule has 6 heteroatoms. The zero-order valence-corrected chi connectivity index (χ0v) is 23.7. The molecular weight excluding hydrogens is 671 g/mol. The van der Waals surface area contributed by atoms with Crippen LogP contribution in [-0.4, -0.2) is 24.9 Å². The minimum Gasteiger partial charge on any atom is -0.391 e. The topological polar surface area (TPSA) is 64.5 Å². The van der Waals surface area contributed by atoms with Gasteiger partial charge in [0, 0.05) is 17.8 Å². The van der Waals surface area contributed by atoms with Crippen LogP contribution in [-0.2, 0) is 20.1 Å². The van der Waals surface area contributed by atoms with Crippen molar-refractivity contribution in [2.75, 3.05) is 0 Å². The van der Waals surface area contributed by atoms with Gasteiger partial charge in [-0.25, -0.2) is 0 Å². The summed E-state index contributed by atoms with van der Waals surface area (Å²) < 4.78 is 0. The van der Waals surface area contributed by atoms with Gasteiger partial charge in [-0.1, -0.05) is 43.0 Å². The smallest absolute Gasteiger partial charge is 0.391 e. The van der Waals surface area contributed by atoms with Crippen LogP contribution < -0.4 is 0 Å². The molecule has 2 unspecified atom stereocenters. The quantitative estimate of drug-likeness (QED) is 0.216. The maximum atomic E-state index is 5.24. The average Bonchev–Trinajstić information content (AvgIpc) is 3.00. The van der Waals surface area contributed by atoms with Gasteiger partial charge in [0.1, 0.15) is 0 Å². The van der Waals surface area contributed by atoms with Crippen LogP contribution in [0.1, 0.15) is 68.6 Å². The largest absolute Gasteiger partial charge is 3.00 e. The molecule has 7 rings (SSSR count). The van der Waals surface area contributed by atoms with Crippen molar-refractivity contribution in [3.05, 3.63) is 185 Å². The Hall–Kier alpha value is -4.38. The number of rotatable bonds is 3. The van der Waals surface area contributed by atoms with E-state index >= 15 is 0 Å². The minimum absolute atomic E-state index is 0. The van der Waals surface area contributed by atoms with Crippen molar-refractivity contribution >= 4 is 0 Å².